The summed E-state index contributed by atoms with van der Waals surface area (Å²) in [4.78, 5) is 16.6. The van der Waals surface area contributed by atoms with Crippen LogP contribution in [0.5, 0.6) is 0 Å². The number of nitro groups is 1. The number of anilines is 1. The second-order valence-electron chi connectivity index (χ2n) is 4.58. The summed E-state index contributed by atoms with van der Waals surface area (Å²) in [6.45, 7) is 0. The molecule has 2 aromatic carbocycles. The lowest BCUT2D eigenvalue weighted by atomic mass is 10.3. The number of hydrogen-bond acceptors (Lipinski definition) is 5. The molecule has 10 heteroatoms. The summed E-state index contributed by atoms with van der Waals surface area (Å²) >= 11 is 0. The molecule has 1 aromatic heterocycles. The maximum atomic E-state index is 12.8. The van der Waals surface area contributed by atoms with Crippen molar-refractivity contribution in [3.05, 3.63) is 58.4 Å². The third kappa shape index (κ3) is 2.83. The Kier molecular flexibility index (Phi) is 3.45. The SMILES string of the molecule is O=[N+]([O-])c1cccc2[nH]c(S(=O)(=O)Nc3ccc(F)cc3)nc12. The van der Waals surface area contributed by atoms with Crippen molar-refractivity contribution >= 4 is 32.4 Å². The average molecular weight is 336 g/mol. The molecule has 0 radical (unpaired) electrons. The van der Waals surface area contributed by atoms with Crippen molar-refractivity contribution in [1.29, 1.82) is 0 Å². The summed E-state index contributed by atoms with van der Waals surface area (Å²) in [6, 6.07) is 8.82. The number of sulfonamides is 1. The maximum Gasteiger partial charge on any atom is 0.297 e. The van der Waals surface area contributed by atoms with E-state index >= 15 is 0 Å². The highest BCUT2D eigenvalue weighted by Gasteiger charge is 2.23. The molecule has 0 aliphatic carbocycles. The van der Waals surface area contributed by atoms with Crippen LogP contribution in [0.2, 0.25) is 0 Å². The van der Waals surface area contributed by atoms with Gasteiger partial charge in [0.05, 0.1) is 10.4 Å². The zero-order valence-corrected chi connectivity index (χ0v) is 12.2. The van der Waals surface area contributed by atoms with Gasteiger partial charge in [0.25, 0.3) is 15.7 Å². The van der Waals surface area contributed by atoms with E-state index in [2.05, 4.69) is 14.7 Å². The standard InChI is InChI=1S/C13H9FN4O4S/c14-8-4-6-9(7-5-8)17-23(21,22)13-15-10-2-1-3-11(18(19)20)12(10)16-13/h1-7,17H,(H,15,16). The highest BCUT2D eigenvalue weighted by atomic mass is 32.2. The Morgan fingerprint density at radius 1 is 1.17 bits per heavy atom. The van der Waals surface area contributed by atoms with Crippen molar-refractivity contribution in [3.8, 4) is 0 Å². The summed E-state index contributed by atoms with van der Waals surface area (Å²) in [5.41, 5.74) is -0.000926. The number of rotatable bonds is 4. The topological polar surface area (TPSA) is 118 Å². The van der Waals surface area contributed by atoms with E-state index in [1.54, 1.807) is 0 Å². The molecule has 0 amide bonds. The summed E-state index contributed by atoms with van der Waals surface area (Å²) in [5, 5.41) is 10.5. The zero-order chi connectivity index (χ0) is 16.6. The van der Waals surface area contributed by atoms with Crippen molar-refractivity contribution in [2.45, 2.75) is 5.16 Å². The molecule has 0 saturated heterocycles. The minimum Gasteiger partial charge on any atom is -0.327 e. The number of nitrogens with one attached hydrogen (secondary N) is 2. The van der Waals surface area contributed by atoms with Gasteiger partial charge in [0, 0.05) is 11.8 Å². The third-order valence-electron chi connectivity index (χ3n) is 3.02. The highest BCUT2D eigenvalue weighted by Crippen LogP contribution is 2.25. The van der Waals surface area contributed by atoms with Crippen LogP contribution in [0.15, 0.2) is 47.6 Å². The van der Waals surface area contributed by atoms with Crippen molar-refractivity contribution < 1.29 is 17.7 Å². The molecule has 0 spiro atoms. The molecule has 0 saturated carbocycles. The van der Waals surface area contributed by atoms with Gasteiger partial charge in [-0.25, -0.2) is 9.37 Å². The molecule has 1 heterocycles. The molecule has 118 valence electrons. The first-order valence-electron chi connectivity index (χ1n) is 6.28. The maximum absolute atomic E-state index is 12.8. The van der Waals surface area contributed by atoms with E-state index < -0.39 is 25.9 Å². The summed E-state index contributed by atoms with van der Waals surface area (Å²) in [7, 11) is -4.09. The Morgan fingerprint density at radius 2 is 1.87 bits per heavy atom. The van der Waals surface area contributed by atoms with Gasteiger partial charge in [-0.2, -0.15) is 8.42 Å². The lowest BCUT2D eigenvalue weighted by Crippen LogP contribution is -2.14. The lowest BCUT2D eigenvalue weighted by molar-refractivity contribution is -0.383. The minimum atomic E-state index is -4.09. The minimum absolute atomic E-state index is 0.0584. The van der Waals surface area contributed by atoms with Crippen molar-refractivity contribution in [3.63, 3.8) is 0 Å². The molecule has 0 atom stereocenters. The van der Waals surface area contributed by atoms with Crippen LogP contribution in [-0.4, -0.2) is 23.3 Å². The Bertz CT molecular complexity index is 998. The van der Waals surface area contributed by atoms with Crippen LogP contribution in [0.4, 0.5) is 15.8 Å². The highest BCUT2D eigenvalue weighted by molar-refractivity contribution is 7.92. The molecule has 2 N–H and O–H groups in total. The zero-order valence-electron chi connectivity index (χ0n) is 11.4. The number of hydrogen-bond donors (Lipinski definition) is 2. The lowest BCUT2D eigenvalue weighted by Gasteiger charge is -2.04. The smallest absolute Gasteiger partial charge is 0.297 e. The van der Waals surface area contributed by atoms with Crippen LogP contribution in [-0.2, 0) is 10.0 Å². The van der Waals surface area contributed by atoms with Crippen molar-refractivity contribution in [2.24, 2.45) is 0 Å². The predicted octanol–water partition coefficient (Wildman–Crippen LogP) is 2.41. The number of para-hydroxylation sites is 1. The van der Waals surface area contributed by atoms with Crippen molar-refractivity contribution in [1.82, 2.24) is 9.97 Å². The molecule has 0 aliphatic rings. The number of nitro benzene ring substituents is 1. The number of benzene rings is 2. The van der Waals surface area contributed by atoms with Gasteiger partial charge in [-0.3, -0.25) is 14.8 Å². The predicted molar refractivity (Wildman–Crippen MR) is 80.0 cm³/mol. The van der Waals surface area contributed by atoms with Gasteiger partial charge < -0.3 is 4.98 Å². The number of aromatic nitrogens is 2. The van der Waals surface area contributed by atoms with E-state index in [-0.39, 0.29) is 22.4 Å². The number of aromatic amines is 1. The van der Waals surface area contributed by atoms with Gasteiger partial charge in [0.1, 0.15) is 5.82 Å². The first kappa shape index (κ1) is 14.9. The van der Waals surface area contributed by atoms with E-state index in [1.807, 2.05) is 0 Å². The number of non-ortho nitro benzene ring substituents is 1. The van der Waals surface area contributed by atoms with Gasteiger partial charge in [0.2, 0.25) is 5.16 Å². The molecule has 0 bridgehead atoms. The largest absolute Gasteiger partial charge is 0.327 e. The number of nitrogens with zero attached hydrogens (tertiary/aromatic N) is 2. The fraction of sp³-hybridized carbons (Fsp3) is 0. The van der Waals surface area contributed by atoms with E-state index in [9.17, 15) is 22.9 Å². The molecule has 3 rings (SSSR count). The van der Waals surface area contributed by atoms with E-state index in [1.165, 1.54) is 30.3 Å². The molecule has 8 nitrogen and oxygen atoms in total. The molecule has 0 fully saturated rings. The molecular formula is C13H9FN4O4S. The van der Waals surface area contributed by atoms with Gasteiger partial charge >= 0.3 is 0 Å². The van der Waals surface area contributed by atoms with Crippen LogP contribution in [0.1, 0.15) is 0 Å². The normalized spacial score (nSPS) is 11.5. The third-order valence-corrected chi connectivity index (χ3v) is 4.22. The summed E-state index contributed by atoms with van der Waals surface area (Å²) in [5.74, 6) is -0.507. The average Bonchev–Trinajstić information content (AvgIpc) is 2.94. The van der Waals surface area contributed by atoms with E-state index in [0.29, 0.717) is 0 Å². The van der Waals surface area contributed by atoms with Crippen LogP contribution < -0.4 is 4.72 Å². The van der Waals surface area contributed by atoms with Crippen LogP contribution in [0, 0.1) is 15.9 Å². The van der Waals surface area contributed by atoms with Gasteiger partial charge in [-0.05, 0) is 30.3 Å². The van der Waals surface area contributed by atoms with Crippen LogP contribution in [0.3, 0.4) is 0 Å². The Labute approximate surface area is 129 Å². The first-order chi connectivity index (χ1) is 10.9. The monoisotopic (exact) mass is 336 g/mol. The molecule has 0 aliphatic heterocycles. The number of fused-ring (bicyclic) bond motifs is 1. The van der Waals surface area contributed by atoms with Gasteiger partial charge in [-0.15, -0.1) is 0 Å². The molecule has 23 heavy (non-hydrogen) atoms. The van der Waals surface area contributed by atoms with Crippen LogP contribution >= 0.6 is 0 Å². The Balaban J connectivity index is 2.03. The molecule has 0 unspecified atom stereocenters. The number of imidazole rings is 1. The fourth-order valence-electron chi connectivity index (χ4n) is 1.99. The van der Waals surface area contributed by atoms with E-state index in [4.69, 9.17) is 0 Å². The summed E-state index contributed by atoms with van der Waals surface area (Å²) < 4.78 is 39.6. The number of halogens is 1. The summed E-state index contributed by atoms with van der Waals surface area (Å²) in [6.07, 6.45) is 0. The second-order valence-corrected chi connectivity index (χ2v) is 6.18. The second kappa shape index (κ2) is 5.32. The molecular weight excluding hydrogens is 327 g/mol. The van der Waals surface area contributed by atoms with Crippen LogP contribution in [0.25, 0.3) is 11.0 Å². The van der Waals surface area contributed by atoms with Gasteiger partial charge in [0.15, 0.2) is 5.52 Å². The Hall–Kier alpha value is -3.01. The van der Waals surface area contributed by atoms with Crippen molar-refractivity contribution in [2.75, 3.05) is 4.72 Å². The molecule has 3 aromatic rings. The fourth-order valence-corrected chi connectivity index (χ4v) is 2.99. The van der Waals surface area contributed by atoms with Gasteiger partial charge in [-0.1, -0.05) is 6.07 Å². The first-order valence-corrected chi connectivity index (χ1v) is 7.77. The number of H-pyrrole nitrogens is 1. The Morgan fingerprint density at radius 3 is 2.52 bits per heavy atom. The van der Waals surface area contributed by atoms with E-state index in [0.717, 1.165) is 12.1 Å². The quantitative estimate of drug-likeness (QED) is 0.560.